The van der Waals surface area contributed by atoms with Gasteiger partial charge in [-0.1, -0.05) is 57.9 Å². The van der Waals surface area contributed by atoms with Crippen LogP contribution < -0.4 is 0 Å². The highest BCUT2D eigenvalue weighted by Gasteiger charge is 2.15. The zero-order valence-corrected chi connectivity index (χ0v) is 14.5. The molecule has 2 aromatic carbocycles. The molecule has 4 heteroatoms. The molecular weight excluding hydrogens is 407 g/mol. The first-order valence-electron chi connectivity index (χ1n) is 5.72. The summed E-state index contributed by atoms with van der Waals surface area (Å²) in [7, 11) is 0. The van der Waals surface area contributed by atoms with Crippen molar-refractivity contribution in [3.8, 4) is 0 Å². The van der Waals surface area contributed by atoms with E-state index in [1.807, 2.05) is 18.2 Å². The Labute approximate surface area is 137 Å². The zero-order valence-electron chi connectivity index (χ0n) is 9.74. The lowest BCUT2D eigenvalue weighted by atomic mass is 10.00. The van der Waals surface area contributed by atoms with Gasteiger partial charge in [0.15, 0.2) is 0 Å². The Bertz CT molecular complexity index is 736. The molecule has 3 aromatic rings. The molecule has 1 atom stereocenters. The number of benzene rings is 2. The minimum Gasteiger partial charge on any atom is -0.136 e. The zero-order chi connectivity index (χ0) is 13.4. The molecule has 0 fully saturated rings. The molecule has 19 heavy (non-hydrogen) atoms. The molecule has 0 aliphatic carbocycles. The van der Waals surface area contributed by atoms with E-state index in [2.05, 4.69) is 61.5 Å². The van der Waals surface area contributed by atoms with Crippen LogP contribution in [0.25, 0.3) is 10.8 Å². The predicted molar refractivity (Wildman–Crippen MR) is 91.7 cm³/mol. The summed E-state index contributed by atoms with van der Waals surface area (Å²) < 4.78 is 1.14. The molecule has 0 bridgehead atoms. The van der Waals surface area contributed by atoms with Crippen molar-refractivity contribution in [1.29, 1.82) is 0 Å². The highest BCUT2D eigenvalue weighted by atomic mass is 79.9. The van der Waals surface area contributed by atoms with E-state index in [1.54, 1.807) is 11.3 Å². The van der Waals surface area contributed by atoms with Crippen LogP contribution in [0.2, 0.25) is 5.02 Å². The second-order valence-electron chi connectivity index (χ2n) is 4.23. The van der Waals surface area contributed by atoms with E-state index in [9.17, 15) is 0 Å². The van der Waals surface area contributed by atoms with Crippen LogP contribution in [-0.2, 0) is 0 Å². The number of halogens is 3. The number of hydrogen-bond acceptors (Lipinski definition) is 1. The topological polar surface area (TPSA) is 0 Å². The number of thiophene rings is 1. The number of hydrogen-bond donors (Lipinski definition) is 0. The lowest BCUT2D eigenvalue weighted by Gasteiger charge is -2.13. The average Bonchev–Trinajstić information content (AvgIpc) is 2.86. The summed E-state index contributed by atoms with van der Waals surface area (Å²) in [6.45, 7) is 0. The first-order chi connectivity index (χ1) is 9.16. The third-order valence-electron chi connectivity index (χ3n) is 3.06. The van der Waals surface area contributed by atoms with Gasteiger partial charge < -0.3 is 0 Å². The van der Waals surface area contributed by atoms with Crippen LogP contribution in [0.5, 0.6) is 0 Å². The van der Waals surface area contributed by atoms with Crippen molar-refractivity contribution in [3.05, 3.63) is 67.8 Å². The van der Waals surface area contributed by atoms with Crippen molar-refractivity contribution >= 4 is 65.6 Å². The lowest BCUT2D eigenvalue weighted by molar-refractivity contribution is 1.22. The smallest absolute Gasteiger partial charge is 0.0701 e. The highest BCUT2D eigenvalue weighted by molar-refractivity contribution is 9.11. The second-order valence-corrected chi connectivity index (χ2v) is 7.84. The van der Waals surface area contributed by atoms with E-state index in [0.29, 0.717) is 0 Å². The summed E-state index contributed by atoms with van der Waals surface area (Å²) in [5, 5.41) is 5.25. The highest BCUT2D eigenvalue weighted by Crippen LogP contribution is 2.39. The molecule has 1 unspecified atom stereocenters. The minimum atomic E-state index is 0.178. The molecule has 1 heterocycles. The fourth-order valence-electron chi connectivity index (χ4n) is 2.14. The van der Waals surface area contributed by atoms with Crippen molar-refractivity contribution in [2.24, 2.45) is 0 Å². The van der Waals surface area contributed by atoms with Gasteiger partial charge in [-0.3, -0.25) is 0 Å². The molecule has 0 aliphatic heterocycles. The molecule has 96 valence electrons. The predicted octanol–water partition coefficient (Wildman–Crippen LogP) is 6.80. The van der Waals surface area contributed by atoms with Gasteiger partial charge in [0.2, 0.25) is 0 Å². The molecule has 0 saturated heterocycles. The van der Waals surface area contributed by atoms with Crippen molar-refractivity contribution in [2.45, 2.75) is 4.83 Å². The Kier molecular flexibility index (Phi) is 3.99. The lowest BCUT2D eigenvalue weighted by Crippen LogP contribution is -1.92. The van der Waals surface area contributed by atoms with E-state index in [4.69, 9.17) is 11.6 Å². The minimum absolute atomic E-state index is 0.178. The van der Waals surface area contributed by atoms with Crippen LogP contribution in [0.4, 0.5) is 0 Å². The van der Waals surface area contributed by atoms with Crippen LogP contribution in [0.15, 0.2) is 51.6 Å². The third kappa shape index (κ3) is 2.62. The molecule has 0 amide bonds. The van der Waals surface area contributed by atoms with E-state index in [-0.39, 0.29) is 4.83 Å². The Morgan fingerprint density at radius 3 is 2.47 bits per heavy atom. The van der Waals surface area contributed by atoms with Gasteiger partial charge in [-0.25, -0.2) is 0 Å². The number of rotatable bonds is 2. The Balaban J connectivity index is 2.18. The van der Waals surface area contributed by atoms with Crippen LogP contribution in [-0.4, -0.2) is 0 Å². The summed E-state index contributed by atoms with van der Waals surface area (Å²) in [4.78, 5) is 0.178. The van der Waals surface area contributed by atoms with Gasteiger partial charge in [0.1, 0.15) is 0 Å². The van der Waals surface area contributed by atoms with E-state index >= 15 is 0 Å². The summed E-state index contributed by atoms with van der Waals surface area (Å²) in [5.74, 6) is 0. The number of alkyl halides is 1. The fraction of sp³-hybridized carbons (Fsp3) is 0.0667. The van der Waals surface area contributed by atoms with Crippen LogP contribution in [0.1, 0.15) is 16.0 Å². The fourth-order valence-corrected chi connectivity index (χ4v) is 4.41. The van der Waals surface area contributed by atoms with E-state index in [1.165, 1.54) is 16.5 Å². The van der Waals surface area contributed by atoms with Gasteiger partial charge in [-0.2, -0.15) is 0 Å². The van der Waals surface area contributed by atoms with Crippen molar-refractivity contribution < 1.29 is 0 Å². The first-order valence-corrected chi connectivity index (χ1v) is 8.68. The average molecular weight is 417 g/mol. The normalized spacial score (nSPS) is 12.8. The van der Waals surface area contributed by atoms with Crippen molar-refractivity contribution in [1.82, 2.24) is 0 Å². The maximum absolute atomic E-state index is 6.26. The maximum atomic E-state index is 6.26. The molecule has 1 aromatic heterocycles. The summed E-state index contributed by atoms with van der Waals surface area (Å²) >= 11 is 15.3. The second kappa shape index (κ2) is 5.57. The summed E-state index contributed by atoms with van der Waals surface area (Å²) in [6, 6.07) is 14.4. The molecule has 0 N–H and O–H groups in total. The van der Waals surface area contributed by atoms with Gasteiger partial charge in [-0.05, 0) is 50.0 Å². The molecule has 0 nitrogen and oxygen atoms in total. The molecule has 3 rings (SSSR count). The Hall–Kier alpha value is -0.350. The summed E-state index contributed by atoms with van der Waals surface area (Å²) in [5.41, 5.74) is 2.50. The van der Waals surface area contributed by atoms with Gasteiger partial charge >= 0.3 is 0 Å². The van der Waals surface area contributed by atoms with Crippen LogP contribution in [0.3, 0.4) is 0 Å². The van der Waals surface area contributed by atoms with Gasteiger partial charge in [0.25, 0.3) is 0 Å². The molecular formula is C15H9Br2ClS. The standard InChI is InChI=1S/C15H9Br2ClS/c16-14-7-9(8-19-14)15(17)12-5-6-13(18)11-4-2-1-3-10(11)12/h1-8,15H. The quantitative estimate of drug-likeness (QED) is 0.403. The van der Waals surface area contributed by atoms with E-state index in [0.717, 1.165) is 14.2 Å². The van der Waals surface area contributed by atoms with Gasteiger partial charge in [-0.15, -0.1) is 11.3 Å². The SMILES string of the molecule is Clc1ccc(C(Br)c2csc(Br)c2)c2ccccc12. The van der Waals surface area contributed by atoms with Gasteiger partial charge in [0.05, 0.1) is 8.61 Å². The van der Waals surface area contributed by atoms with Crippen LogP contribution in [0, 0.1) is 0 Å². The van der Waals surface area contributed by atoms with Crippen LogP contribution >= 0.6 is 54.8 Å². The molecule has 0 saturated carbocycles. The van der Waals surface area contributed by atoms with Gasteiger partial charge in [0, 0.05) is 10.4 Å². The Morgan fingerprint density at radius 1 is 1.05 bits per heavy atom. The maximum Gasteiger partial charge on any atom is 0.0701 e. The molecule has 0 radical (unpaired) electrons. The Morgan fingerprint density at radius 2 is 1.79 bits per heavy atom. The van der Waals surface area contributed by atoms with E-state index < -0.39 is 0 Å². The largest absolute Gasteiger partial charge is 0.136 e. The third-order valence-corrected chi connectivity index (χ3v) is 5.93. The number of fused-ring (bicyclic) bond motifs is 1. The van der Waals surface area contributed by atoms with Crippen molar-refractivity contribution in [2.75, 3.05) is 0 Å². The molecule has 0 spiro atoms. The van der Waals surface area contributed by atoms with Crippen molar-refractivity contribution in [3.63, 3.8) is 0 Å². The first kappa shape index (κ1) is 13.6. The molecule has 0 aliphatic rings. The summed E-state index contributed by atoms with van der Waals surface area (Å²) in [6.07, 6.45) is 0. The monoisotopic (exact) mass is 414 g/mol.